The standard InChI is InChI=1S/C16H30N2O2/c1-5-7-16(8-6-9-17-11-16)14(19)18-10-13(2)20-15(3,4)12-18/h13,17H,5-12H2,1-4H3. The Morgan fingerprint density at radius 2 is 2.20 bits per heavy atom. The van der Waals surface area contributed by atoms with Crippen LogP contribution in [0.3, 0.4) is 0 Å². The molecule has 0 aromatic carbocycles. The van der Waals surface area contributed by atoms with Crippen molar-refractivity contribution >= 4 is 5.91 Å². The van der Waals surface area contributed by atoms with Gasteiger partial charge < -0.3 is 15.0 Å². The third-order valence-corrected chi connectivity index (χ3v) is 4.51. The first-order valence-corrected chi connectivity index (χ1v) is 8.06. The lowest BCUT2D eigenvalue weighted by molar-refractivity contribution is -0.168. The largest absolute Gasteiger partial charge is 0.369 e. The molecule has 1 amide bonds. The molecule has 2 unspecified atom stereocenters. The molecule has 2 aliphatic rings. The summed E-state index contributed by atoms with van der Waals surface area (Å²) in [6, 6.07) is 0. The highest BCUT2D eigenvalue weighted by Crippen LogP contribution is 2.35. The summed E-state index contributed by atoms with van der Waals surface area (Å²) >= 11 is 0. The van der Waals surface area contributed by atoms with Crippen molar-refractivity contribution in [3.8, 4) is 0 Å². The van der Waals surface area contributed by atoms with E-state index in [1.54, 1.807) is 0 Å². The van der Waals surface area contributed by atoms with Crippen molar-refractivity contribution in [2.45, 2.75) is 65.1 Å². The number of ether oxygens (including phenoxy) is 1. The molecule has 0 spiro atoms. The number of rotatable bonds is 3. The Balaban J connectivity index is 2.14. The van der Waals surface area contributed by atoms with Gasteiger partial charge in [-0.05, 0) is 46.6 Å². The fourth-order valence-electron chi connectivity index (χ4n) is 3.89. The first-order valence-electron chi connectivity index (χ1n) is 8.06. The Morgan fingerprint density at radius 3 is 2.75 bits per heavy atom. The fraction of sp³-hybridized carbons (Fsp3) is 0.938. The molecule has 2 saturated heterocycles. The van der Waals surface area contributed by atoms with Crippen LogP contribution < -0.4 is 5.32 Å². The Kier molecular flexibility index (Phi) is 4.75. The van der Waals surface area contributed by atoms with Gasteiger partial charge in [-0.15, -0.1) is 0 Å². The molecule has 2 atom stereocenters. The summed E-state index contributed by atoms with van der Waals surface area (Å²) < 4.78 is 5.92. The molecule has 0 aromatic rings. The Labute approximate surface area is 123 Å². The maximum absolute atomic E-state index is 13.1. The van der Waals surface area contributed by atoms with Crippen LogP contribution in [0.15, 0.2) is 0 Å². The van der Waals surface area contributed by atoms with Crippen LogP contribution in [-0.2, 0) is 9.53 Å². The molecule has 4 heteroatoms. The lowest BCUT2D eigenvalue weighted by Gasteiger charge is -2.46. The predicted octanol–water partition coefficient (Wildman–Crippen LogP) is 2.18. The lowest BCUT2D eigenvalue weighted by atomic mass is 9.75. The van der Waals surface area contributed by atoms with Crippen molar-refractivity contribution in [1.82, 2.24) is 10.2 Å². The first kappa shape index (κ1) is 15.8. The van der Waals surface area contributed by atoms with Gasteiger partial charge in [0.2, 0.25) is 5.91 Å². The van der Waals surface area contributed by atoms with Crippen LogP contribution in [0.2, 0.25) is 0 Å². The maximum Gasteiger partial charge on any atom is 0.230 e. The number of piperidine rings is 1. The molecule has 1 N–H and O–H groups in total. The second-order valence-electron chi connectivity index (χ2n) is 7.18. The number of hydrogen-bond donors (Lipinski definition) is 1. The zero-order valence-corrected chi connectivity index (χ0v) is 13.5. The fourth-order valence-corrected chi connectivity index (χ4v) is 3.89. The SMILES string of the molecule is CCCC1(C(=O)N2CC(C)OC(C)(C)C2)CCCNC1. The molecule has 0 saturated carbocycles. The summed E-state index contributed by atoms with van der Waals surface area (Å²) in [7, 11) is 0. The van der Waals surface area contributed by atoms with E-state index < -0.39 is 0 Å². The number of carbonyl (C=O) groups is 1. The zero-order chi connectivity index (χ0) is 14.8. The van der Waals surface area contributed by atoms with Gasteiger partial charge in [0.1, 0.15) is 0 Å². The number of hydrogen-bond acceptors (Lipinski definition) is 3. The van der Waals surface area contributed by atoms with Crippen LogP contribution in [0.4, 0.5) is 0 Å². The Bertz CT molecular complexity index is 343. The number of nitrogens with zero attached hydrogens (tertiary/aromatic N) is 1. The molecule has 20 heavy (non-hydrogen) atoms. The molecule has 0 radical (unpaired) electrons. The summed E-state index contributed by atoms with van der Waals surface area (Å²) in [5, 5.41) is 3.43. The molecule has 0 aromatic heterocycles. The van der Waals surface area contributed by atoms with Crippen molar-refractivity contribution in [2.75, 3.05) is 26.2 Å². The van der Waals surface area contributed by atoms with Gasteiger partial charge >= 0.3 is 0 Å². The second kappa shape index (κ2) is 6.02. The van der Waals surface area contributed by atoms with Crippen molar-refractivity contribution < 1.29 is 9.53 Å². The topological polar surface area (TPSA) is 41.6 Å². The third-order valence-electron chi connectivity index (χ3n) is 4.51. The molecule has 2 heterocycles. The predicted molar refractivity (Wildman–Crippen MR) is 80.7 cm³/mol. The summed E-state index contributed by atoms with van der Waals surface area (Å²) in [6.45, 7) is 11.7. The molecule has 2 aliphatic heterocycles. The van der Waals surface area contributed by atoms with Gasteiger partial charge in [0, 0.05) is 19.6 Å². The number of carbonyl (C=O) groups excluding carboxylic acids is 1. The summed E-state index contributed by atoms with van der Waals surface area (Å²) in [5.74, 6) is 0.342. The minimum atomic E-state index is -0.233. The highest BCUT2D eigenvalue weighted by atomic mass is 16.5. The van der Waals surface area contributed by atoms with E-state index in [9.17, 15) is 4.79 Å². The van der Waals surface area contributed by atoms with Crippen LogP contribution in [0, 0.1) is 5.41 Å². The van der Waals surface area contributed by atoms with Gasteiger partial charge in [-0.3, -0.25) is 4.79 Å². The summed E-state index contributed by atoms with van der Waals surface area (Å²) in [5.41, 5.74) is -0.414. The molecule has 116 valence electrons. The van der Waals surface area contributed by atoms with Crippen LogP contribution in [0.1, 0.15) is 53.4 Å². The number of amides is 1. The summed E-state index contributed by atoms with van der Waals surface area (Å²) in [4.78, 5) is 15.2. The van der Waals surface area contributed by atoms with Crippen LogP contribution in [-0.4, -0.2) is 48.7 Å². The van der Waals surface area contributed by atoms with E-state index in [2.05, 4.69) is 37.9 Å². The van der Waals surface area contributed by atoms with Crippen molar-refractivity contribution in [3.63, 3.8) is 0 Å². The third kappa shape index (κ3) is 3.34. The molecule has 4 nitrogen and oxygen atoms in total. The molecular formula is C16H30N2O2. The minimum Gasteiger partial charge on any atom is -0.369 e. The van der Waals surface area contributed by atoms with E-state index in [1.165, 1.54) is 0 Å². The van der Waals surface area contributed by atoms with Crippen molar-refractivity contribution in [1.29, 1.82) is 0 Å². The average molecular weight is 282 g/mol. The van der Waals surface area contributed by atoms with Crippen molar-refractivity contribution in [2.24, 2.45) is 5.41 Å². The number of morpholine rings is 1. The van der Waals surface area contributed by atoms with Gasteiger partial charge in [-0.25, -0.2) is 0 Å². The van der Waals surface area contributed by atoms with E-state index >= 15 is 0 Å². The minimum absolute atomic E-state index is 0.123. The molecular weight excluding hydrogens is 252 g/mol. The normalized spacial score (nSPS) is 34.0. The number of nitrogens with one attached hydrogen (secondary N) is 1. The van der Waals surface area contributed by atoms with E-state index in [0.717, 1.165) is 45.3 Å². The zero-order valence-electron chi connectivity index (χ0n) is 13.5. The van der Waals surface area contributed by atoms with Gasteiger partial charge in [0.05, 0.1) is 17.1 Å². The van der Waals surface area contributed by atoms with Crippen LogP contribution in [0.5, 0.6) is 0 Å². The Morgan fingerprint density at radius 1 is 1.45 bits per heavy atom. The molecule has 0 aliphatic carbocycles. The maximum atomic E-state index is 13.1. The molecule has 2 rings (SSSR count). The lowest BCUT2D eigenvalue weighted by Crippen LogP contribution is -2.59. The van der Waals surface area contributed by atoms with Gasteiger partial charge in [0.25, 0.3) is 0 Å². The molecule has 0 bridgehead atoms. The summed E-state index contributed by atoms with van der Waals surface area (Å²) in [6.07, 6.45) is 4.31. The van der Waals surface area contributed by atoms with E-state index in [-0.39, 0.29) is 17.1 Å². The van der Waals surface area contributed by atoms with E-state index in [1.807, 2.05) is 0 Å². The highest BCUT2D eigenvalue weighted by Gasteiger charge is 2.44. The monoisotopic (exact) mass is 282 g/mol. The highest BCUT2D eigenvalue weighted by molar-refractivity contribution is 5.83. The van der Waals surface area contributed by atoms with Crippen LogP contribution >= 0.6 is 0 Å². The van der Waals surface area contributed by atoms with Gasteiger partial charge in [-0.2, -0.15) is 0 Å². The van der Waals surface area contributed by atoms with E-state index in [0.29, 0.717) is 12.5 Å². The van der Waals surface area contributed by atoms with Gasteiger partial charge in [-0.1, -0.05) is 13.3 Å². The smallest absolute Gasteiger partial charge is 0.230 e. The van der Waals surface area contributed by atoms with Crippen molar-refractivity contribution in [3.05, 3.63) is 0 Å². The first-order chi connectivity index (χ1) is 9.38. The molecule has 2 fully saturated rings. The Hall–Kier alpha value is -0.610. The van der Waals surface area contributed by atoms with Crippen LogP contribution in [0.25, 0.3) is 0 Å². The van der Waals surface area contributed by atoms with Gasteiger partial charge in [0.15, 0.2) is 0 Å². The average Bonchev–Trinajstić information content (AvgIpc) is 2.37. The quantitative estimate of drug-likeness (QED) is 0.862. The second-order valence-corrected chi connectivity index (χ2v) is 7.18. The van der Waals surface area contributed by atoms with E-state index in [4.69, 9.17) is 4.74 Å².